The van der Waals surface area contributed by atoms with Crippen molar-refractivity contribution in [1.82, 2.24) is 4.98 Å². The summed E-state index contributed by atoms with van der Waals surface area (Å²) in [4.78, 5) is 3.88. The van der Waals surface area contributed by atoms with Crippen LogP contribution in [0, 0.1) is 11.3 Å². The number of nitrogens with zero attached hydrogens (tertiary/aromatic N) is 2. The number of benzene rings is 1. The molecule has 0 spiro atoms. The van der Waals surface area contributed by atoms with Crippen molar-refractivity contribution in [2.45, 2.75) is 0 Å². The smallest absolute Gasteiger partial charge is 0.145 e. The van der Waals surface area contributed by atoms with Crippen LogP contribution in [0.4, 0.5) is 5.69 Å². The molecule has 1 aromatic carbocycles. The second-order valence-corrected chi connectivity index (χ2v) is 3.15. The van der Waals surface area contributed by atoms with E-state index in [1.165, 1.54) is 0 Å². The van der Waals surface area contributed by atoms with Crippen molar-refractivity contribution < 1.29 is 4.74 Å². The zero-order valence-electron chi connectivity index (χ0n) is 8.42. The van der Waals surface area contributed by atoms with Crippen molar-refractivity contribution in [2.75, 3.05) is 5.73 Å². The number of rotatable bonds is 2. The lowest BCUT2D eigenvalue weighted by molar-refractivity contribution is 0.480. The van der Waals surface area contributed by atoms with Gasteiger partial charge in [0.1, 0.15) is 17.6 Å². The van der Waals surface area contributed by atoms with Crippen LogP contribution in [0.2, 0.25) is 0 Å². The van der Waals surface area contributed by atoms with Gasteiger partial charge in [-0.3, -0.25) is 4.98 Å². The monoisotopic (exact) mass is 211 g/mol. The number of hydrogen-bond acceptors (Lipinski definition) is 4. The largest absolute Gasteiger partial charge is 0.456 e. The molecule has 2 N–H and O–H groups in total. The second kappa shape index (κ2) is 4.32. The first kappa shape index (κ1) is 9.99. The van der Waals surface area contributed by atoms with Crippen LogP contribution in [0.3, 0.4) is 0 Å². The first-order valence-corrected chi connectivity index (χ1v) is 4.67. The van der Waals surface area contributed by atoms with Crippen molar-refractivity contribution in [3.63, 3.8) is 0 Å². The fourth-order valence-corrected chi connectivity index (χ4v) is 1.26. The van der Waals surface area contributed by atoms with Gasteiger partial charge < -0.3 is 10.5 Å². The molecule has 0 amide bonds. The Kier molecular flexibility index (Phi) is 2.70. The molecule has 0 saturated heterocycles. The highest BCUT2D eigenvalue weighted by molar-refractivity contribution is 5.54. The predicted octanol–water partition coefficient (Wildman–Crippen LogP) is 2.33. The lowest BCUT2D eigenvalue weighted by Crippen LogP contribution is -1.91. The Morgan fingerprint density at radius 3 is 2.62 bits per heavy atom. The highest BCUT2D eigenvalue weighted by Gasteiger charge is 2.04. The van der Waals surface area contributed by atoms with Gasteiger partial charge in [-0.1, -0.05) is 0 Å². The van der Waals surface area contributed by atoms with Gasteiger partial charge in [-0.05, 0) is 30.3 Å². The molecule has 1 aromatic heterocycles. The lowest BCUT2D eigenvalue weighted by Gasteiger charge is -2.07. The van der Waals surface area contributed by atoms with Gasteiger partial charge in [-0.2, -0.15) is 5.26 Å². The number of aromatic nitrogens is 1. The van der Waals surface area contributed by atoms with Gasteiger partial charge in [-0.15, -0.1) is 0 Å². The summed E-state index contributed by atoms with van der Waals surface area (Å²) in [5.41, 5.74) is 6.53. The third-order valence-corrected chi connectivity index (χ3v) is 2.00. The molecular weight excluding hydrogens is 202 g/mol. The summed E-state index contributed by atoms with van der Waals surface area (Å²) in [5, 5.41) is 8.92. The zero-order chi connectivity index (χ0) is 11.4. The molecule has 16 heavy (non-hydrogen) atoms. The normalized spacial score (nSPS) is 9.44. The quantitative estimate of drug-likeness (QED) is 0.774. The van der Waals surface area contributed by atoms with Crippen LogP contribution in [0.1, 0.15) is 5.56 Å². The average molecular weight is 211 g/mol. The maximum atomic E-state index is 8.92. The molecular formula is C12H9N3O. The number of nitrogen functional groups attached to an aromatic ring is 1. The number of hydrogen-bond donors (Lipinski definition) is 1. The van der Waals surface area contributed by atoms with Crippen LogP contribution in [-0.4, -0.2) is 4.98 Å². The molecule has 0 aliphatic heterocycles. The Bertz CT molecular complexity index is 532. The van der Waals surface area contributed by atoms with E-state index in [0.717, 1.165) is 0 Å². The molecule has 78 valence electrons. The van der Waals surface area contributed by atoms with E-state index >= 15 is 0 Å². The van der Waals surface area contributed by atoms with E-state index in [1.54, 1.807) is 42.7 Å². The topological polar surface area (TPSA) is 71.9 Å². The van der Waals surface area contributed by atoms with Gasteiger partial charge in [0.25, 0.3) is 0 Å². The van der Waals surface area contributed by atoms with Crippen molar-refractivity contribution in [3.8, 4) is 17.6 Å². The standard InChI is InChI=1S/C12H9N3O/c13-8-9-7-10(14)1-2-12(9)16-11-3-5-15-6-4-11/h1-7H,14H2. The number of nitrogens with two attached hydrogens (primary N) is 1. The highest BCUT2D eigenvalue weighted by atomic mass is 16.5. The van der Waals surface area contributed by atoms with E-state index in [0.29, 0.717) is 22.7 Å². The van der Waals surface area contributed by atoms with Gasteiger partial charge in [0.2, 0.25) is 0 Å². The summed E-state index contributed by atoms with van der Waals surface area (Å²) < 4.78 is 5.54. The molecule has 0 atom stereocenters. The van der Waals surface area contributed by atoms with E-state index in [-0.39, 0.29) is 0 Å². The van der Waals surface area contributed by atoms with Crippen molar-refractivity contribution in [2.24, 2.45) is 0 Å². The molecule has 2 aromatic rings. The van der Waals surface area contributed by atoms with E-state index in [1.807, 2.05) is 6.07 Å². The number of pyridine rings is 1. The molecule has 0 aliphatic carbocycles. The Labute approximate surface area is 92.9 Å². The van der Waals surface area contributed by atoms with Crippen molar-refractivity contribution in [3.05, 3.63) is 48.3 Å². The maximum Gasteiger partial charge on any atom is 0.145 e. The molecule has 4 heteroatoms. The van der Waals surface area contributed by atoms with E-state index in [2.05, 4.69) is 4.98 Å². The zero-order valence-corrected chi connectivity index (χ0v) is 8.42. The van der Waals surface area contributed by atoms with Crippen LogP contribution in [0.15, 0.2) is 42.7 Å². The summed E-state index contributed by atoms with van der Waals surface area (Å²) in [6.45, 7) is 0. The summed E-state index contributed by atoms with van der Waals surface area (Å²) in [6.07, 6.45) is 3.25. The highest BCUT2D eigenvalue weighted by Crippen LogP contribution is 2.25. The predicted molar refractivity (Wildman–Crippen MR) is 59.9 cm³/mol. The third kappa shape index (κ3) is 2.10. The Morgan fingerprint density at radius 2 is 1.94 bits per heavy atom. The van der Waals surface area contributed by atoms with Gasteiger partial charge in [-0.25, -0.2) is 0 Å². The molecule has 0 aliphatic rings. The molecule has 0 unspecified atom stereocenters. The number of anilines is 1. The minimum Gasteiger partial charge on any atom is -0.456 e. The van der Waals surface area contributed by atoms with Crippen LogP contribution in [-0.2, 0) is 0 Å². The molecule has 0 bridgehead atoms. The van der Waals surface area contributed by atoms with E-state index in [4.69, 9.17) is 15.7 Å². The van der Waals surface area contributed by atoms with Crippen LogP contribution in [0.25, 0.3) is 0 Å². The second-order valence-electron chi connectivity index (χ2n) is 3.15. The molecule has 0 radical (unpaired) electrons. The lowest BCUT2D eigenvalue weighted by atomic mass is 10.2. The summed E-state index contributed by atoms with van der Waals surface area (Å²) >= 11 is 0. The summed E-state index contributed by atoms with van der Waals surface area (Å²) in [5.74, 6) is 1.12. The van der Waals surface area contributed by atoms with Gasteiger partial charge >= 0.3 is 0 Å². The summed E-state index contributed by atoms with van der Waals surface area (Å²) in [7, 11) is 0. The first-order chi connectivity index (χ1) is 7.79. The Hall–Kier alpha value is -2.54. The molecule has 2 rings (SSSR count). The van der Waals surface area contributed by atoms with Crippen molar-refractivity contribution >= 4 is 5.69 Å². The molecule has 0 saturated carbocycles. The van der Waals surface area contributed by atoms with Crippen LogP contribution >= 0.6 is 0 Å². The fourth-order valence-electron chi connectivity index (χ4n) is 1.26. The minimum absolute atomic E-state index is 0.414. The summed E-state index contributed by atoms with van der Waals surface area (Å²) in [6, 6.07) is 10.4. The average Bonchev–Trinajstić information content (AvgIpc) is 2.33. The van der Waals surface area contributed by atoms with Gasteiger partial charge in [0.15, 0.2) is 0 Å². The fraction of sp³-hybridized carbons (Fsp3) is 0. The maximum absolute atomic E-state index is 8.92. The Morgan fingerprint density at radius 1 is 1.19 bits per heavy atom. The molecule has 0 fully saturated rings. The Balaban J connectivity index is 2.32. The van der Waals surface area contributed by atoms with Crippen LogP contribution < -0.4 is 10.5 Å². The van der Waals surface area contributed by atoms with Crippen LogP contribution in [0.5, 0.6) is 11.5 Å². The van der Waals surface area contributed by atoms with Gasteiger partial charge in [0.05, 0.1) is 5.56 Å². The number of ether oxygens (including phenoxy) is 1. The van der Waals surface area contributed by atoms with E-state index < -0.39 is 0 Å². The van der Waals surface area contributed by atoms with Crippen molar-refractivity contribution in [1.29, 1.82) is 5.26 Å². The first-order valence-electron chi connectivity index (χ1n) is 4.67. The number of nitriles is 1. The third-order valence-electron chi connectivity index (χ3n) is 2.00. The van der Waals surface area contributed by atoms with E-state index in [9.17, 15) is 0 Å². The molecule has 4 nitrogen and oxygen atoms in total. The minimum atomic E-state index is 0.414. The SMILES string of the molecule is N#Cc1cc(N)ccc1Oc1ccncc1. The molecule has 1 heterocycles. The van der Waals surface area contributed by atoms with Gasteiger partial charge in [0, 0.05) is 18.1 Å².